The minimum atomic E-state index is 0.484. The molecule has 0 radical (unpaired) electrons. The molecule has 0 saturated heterocycles. The van der Waals surface area contributed by atoms with Crippen LogP contribution in [0.1, 0.15) is 11.5 Å². The maximum atomic E-state index is 5.58. The van der Waals surface area contributed by atoms with Crippen molar-refractivity contribution in [1.29, 1.82) is 0 Å². The standard InChI is InChI=1S/C13H15N3O3/c1-8-6-10-11(18-5-4-17-10)7-9(8)13-16-15-12(19-13)2-3-14/h6-7H,2-5,14H2,1H3. The molecule has 6 heteroatoms. The highest BCUT2D eigenvalue weighted by Crippen LogP contribution is 2.36. The van der Waals surface area contributed by atoms with E-state index in [2.05, 4.69) is 10.2 Å². The molecule has 3 rings (SSSR count). The second kappa shape index (κ2) is 4.89. The molecule has 1 aliphatic heterocycles. The Kier molecular flexibility index (Phi) is 3.08. The van der Waals surface area contributed by atoms with Crippen molar-refractivity contribution in [3.05, 3.63) is 23.6 Å². The number of aromatic nitrogens is 2. The van der Waals surface area contributed by atoms with Gasteiger partial charge >= 0.3 is 0 Å². The van der Waals surface area contributed by atoms with Crippen LogP contribution in [0.5, 0.6) is 11.5 Å². The molecule has 0 atom stereocenters. The minimum Gasteiger partial charge on any atom is -0.486 e. The van der Waals surface area contributed by atoms with E-state index in [1.165, 1.54) is 0 Å². The van der Waals surface area contributed by atoms with Gasteiger partial charge in [-0.1, -0.05) is 0 Å². The number of fused-ring (bicyclic) bond motifs is 1. The molecule has 0 bridgehead atoms. The monoisotopic (exact) mass is 261 g/mol. The highest BCUT2D eigenvalue weighted by Gasteiger charge is 2.18. The lowest BCUT2D eigenvalue weighted by Crippen LogP contribution is -2.15. The number of aryl methyl sites for hydroxylation is 1. The Morgan fingerprint density at radius 2 is 1.89 bits per heavy atom. The highest BCUT2D eigenvalue weighted by atomic mass is 16.6. The Hall–Kier alpha value is -2.08. The molecular formula is C13H15N3O3. The molecule has 0 aliphatic carbocycles. The Bertz CT molecular complexity index is 595. The van der Waals surface area contributed by atoms with Gasteiger partial charge in [0, 0.05) is 18.5 Å². The second-order valence-corrected chi connectivity index (χ2v) is 4.35. The fourth-order valence-electron chi connectivity index (χ4n) is 2.01. The number of nitrogens with two attached hydrogens (primary N) is 1. The van der Waals surface area contributed by atoms with Gasteiger partial charge in [-0.2, -0.15) is 0 Å². The molecule has 0 spiro atoms. The van der Waals surface area contributed by atoms with Gasteiger partial charge < -0.3 is 19.6 Å². The van der Waals surface area contributed by atoms with E-state index in [9.17, 15) is 0 Å². The van der Waals surface area contributed by atoms with Crippen LogP contribution < -0.4 is 15.2 Å². The van der Waals surface area contributed by atoms with Gasteiger partial charge in [0.05, 0.1) is 0 Å². The summed E-state index contributed by atoms with van der Waals surface area (Å²) in [6, 6.07) is 3.81. The Balaban J connectivity index is 1.99. The molecule has 100 valence electrons. The van der Waals surface area contributed by atoms with Crippen molar-refractivity contribution in [3.8, 4) is 23.0 Å². The van der Waals surface area contributed by atoms with Crippen LogP contribution >= 0.6 is 0 Å². The first kappa shape index (κ1) is 12.0. The van der Waals surface area contributed by atoms with Gasteiger partial charge in [0.15, 0.2) is 11.5 Å². The van der Waals surface area contributed by atoms with E-state index in [0.717, 1.165) is 16.9 Å². The Morgan fingerprint density at radius 3 is 2.63 bits per heavy atom. The van der Waals surface area contributed by atoms with Crippen LogP contribution in [-0.2, 0) is 6.42 Å². The van der Waals surface area contributed by atoms with Crippen LogP contribution in [0.25, 0.3) is 11.5 Å². The summed E-state index contributed by atoms with van der Waals surface area (Å²) in [5.74, 6) is 2.50. The van der Waals surface area contributed by atoms with Gasteiger partial charge in [-0.05, 0) is 24.6 Å². The zero-order valence-electron chi connectivity index (χ0n) is 10.7. The molecule has 2 N–H and O–H groups in total. The lowest BCUT2D eigenvalue weighted by Gasteiger charge is -2.19. The van der Waals surface area contributed by atoms with Crippen LogP contribution in [0.4, 0.5) is 0 Å². The van der Waals surface area contributed by atoms with Crippen LogP contribution in [0, 0.1) is 6.92 Å². The molecule has 0 unspecified atom stereocenters. The quantitative estimate of drug-likeness (QED) is 0.897. The maximum Gasteiger partial charge on any atom is 0.248 e. The van der Waals surface area contributed by atoms with Crippen molar-refractivity contribution in [2.75, 3.05) is 19.8 Å². The lowest BCUT2D eigenvalue weighted by molar-refractivity contribution is 0.171. The third-order valence-corrected chi connectivity index (χ3v) is 2.94. The molecule has 1 aliphatic rings. The van der Waals surface area contributed by atoms with Crippen molar-refractivity contribution in [1.82, 2.24) is 10.2 Å². The molecular weight excluding hydrogens is 246 g/mol. The summed E-state index contributed by atoms with van der Waals surface area (Å²) in [6.45, 7) is 3.59. The van der Waals surface area contributed by atoms with Gasteiger partial charge in [0.1, 0.15) is 13.2 Å². The normalized spacial score (nSPS) is 13.6. The predicted octanol–water partition coefficient (Wildman–Crippen LogP) is 1.32. The van der Waals surface area contributed by atoms with Gasteiger partial charge in [0.2, 0.25) is 11.8 Å². The van der Waals surface area contributed by atoms with Crippen molar-refractivity contribution < 1.29 is 13.9 Å². The van der Waals surface area contributed by atoms with Crippen LogP contribution in [0.2, 0.25) is 0 Å². The highest BCUT2D eigenvalue weighted by molar-refractivity contribution is 5.64. The first-order chi connectivity index (χ1) is 9.28. The summed E-state index contributed by atoms with van der Waals surface area (Å²) >= 11 is 0. The van der Waals surface area contributed by atoms with E-state index in [1.54, 1.807) is 0 Å². The number of nitrogens with zero attached hydrogens (tertiary/aromatic N) is 2. The SMILES string of the molecule is Cc1cc2c(cc1-c1nnc(CCN)o1)OCCO2. The molecule has 1 aromatic heterocycles. The van der Waals surface area contributed by atoms with E-state index in [-0.39, 0.29) is 0 Å². The smallest absolute Gasteiger partial charge is 0.248 e. The average molecular weight is 261 g/mol. The third-order valence-electron chi connectivity index (χ3n) is 2.94. The largest absolute Gasteiger partial charge is 0.486 e. The fourth-order valence-corrected chi connectivity index (χ4v) is 2.01. The van der Waals surface area contributed by atoms with Gasteiger partial charge in [0.25, 0.3) is 0 Å². The van der Waals surface area contributed by atoms with Crippen molar-refractivity contribution in [2.45, 2.75) is 13.3 Å². The minimum absolute atomic E-state index is 0.484. The predicted molar refractivity (Wildman–Crippen MR) is 68.2 cm³/mol. The first-order valence-electron chi connectivity index (χ1n) is 6.21. The molecule has 0 fully saturated rings. The summed E-state index contributed by atoms with van der Waals surface area (Å²) in [5, 5.41) is 8.01. The van der Waals surface area contributed by atoms with E-state index < -0.39 is 0 Å². The van der Waals surface area contributed by atoms with E-state index in [0.29, 0.717) is 43.7 Å². The fraction of sp³-hybridized carbons (Fsp3) is 0.385. The van der Waals surface area contributed by atoms with E-state index >= 15 is 0 Å². The summed E-state index contributed by atoms with van der Waals surface area (Å²) in [5.41, 5.74) is 7.33. The topological polar surface area (TPSA) is 83.4 Å². The molecule has 2 heterocycles. The molecule has 19 heavy (non-hydrogen) atoms. The maximum absolute atomic E-state index is 5.58. The summed E-state index contributed by atoms with van der Waals surface area (Å²) in [7, 11) is 0. The molecule has 0 saturated carbocycles. The van der Waals surface area contributed by atoms with E-state index in [4.69, 9.17) is 19.6 Å². The average Bonchev–Trinajstić information content (AvgIpc) is 2.87. The van der Waals surface area contributed by atoms with Crippen LogP contribution in [0.3, 0.4) is 0 Å². The Labute approximate surface area is 110 Å². The van der Waals surface area contributed by atoms with Gasteiger partial charge in [-0.25, -0.2) is 0 Å². The zero-order chi connectivity index (χ0) is 13.2. The molecule has 1 aromatic carbocycles. The van der Waals surface area contributed by atoms with Crippen molar-refractivity contribution in [3.63, 3.8) is 0 Å². The summed E-state index contributed by atoms with van der Waals surface area (Å²) in [6.07, 6.45) is 0.580. The second-order valence-electron chi connectivity index (χ2n) is 4.35. The van der Waals surface area contributed by atoms with Crippen molar-refractivity contribution >= 4 is 0 Å². The zero-order valence-corrected chi connectivity index (χ0v) is 10.7. The Morgan fingerprint density at radius 1 is 1.16 bits per heavy atom. The van der Waals surface area contributed by atoms with Crippen molar-refractivity contribution in [2.24, 2.45) is 5.73 Å². The third kappa shape index (κ3) is 2.26. The summed E-state index contributed by atoms with van der Waals surface area (Å²) < 4.78 is 16.7. The molecule has 0 amide bonds. The number of hydrogen-bond acceptors (Lipinski definition) is 6. The number of hydrogen-bond donors (Lipinski definition) is 1. The van der Waals surface area contributed by atoms with Crippen LogP contribution in [0.15, 0.2) is 16.5 Å². The van der Waals surface area contributed by atoms with E-state index in [1.807, 2.05) is 19.1 Å². The number of rotatable bonds is 3. The molecule has 2 aromatic rings. The summed E-state index contributed by atoms with van der Waals surface area (Å²) in [4.78, 5) is 0. The van der Waals surface area contributed by atoms with Gasteiger partial charge in [-0.3, -0.25) is 0 Å². The lowest BCUT2D eigenvalue weighted by atomic mass is 10.1. The number of ether oxygens (including phenoxy) is 2. The van der Waals surface area contributed by atoms with Crippen LogP contribution in [-0.4, -0.2) is 30.0 Å². The number of benzene rings is 1. The molecule has 6 nitrogen and oxygen atoms in total. The van der Waals surface area contributed by atoms with Gasteiger partial charge in [-0.15, -0.1) is 10.2 Å². The first-order valence-corrected chi connectivity index (χ1v) is 6.21.